The number of hydrogen-bond acceptors (Lipinski definition) is 1. The first kappa shape index (κ1) is 11.3. The highest BCUT2D eigenvalue weighted by molar-refractivity contribution is 9.10. The third kappa shape index (κ3) is 2.15. The lowest BCUT2D eigenvalue weighted by Gasteiger charge is -2.15. The summed E-state index contributed by atoms with van der Waals surface area (Å²) in [6.07, 6.45) is 7.24. The van der Waals surface area contributed by atoms with Gasteiger partial charge in [0, 0.05) is 24.3 Å². The minimum absolute atomic E-state index is 0.0464. The summed E-state index contributed by atoms with van der Waals surface area (Å²) in [5.74, 6) is 0.938. The average Bonchev–Trinajstić information content (AvgIpc) is 3.13. The van der Waals surface area contributed by atoms with Crippen molar-refractivity contribution in [2.75, 3.05) is 6.54 Å². The molecule has 0 radical (unpaired) electrons. The van der Waals surface area contributed by atoms with Crippen LogP contribution in [-0.2, 0) is 7.05 Å². The summed E-state index contributed by atoms with van der Waals surface area (Å²) >= 11 is 3.39. The number of nitrogens with one attached hydrogen (secondary N) is 1. The molecular weight excluding hydrogens is 280 g/mol. The van der Waals surface area contributed by atoms with Crippen molar-refractivity contribution in [3.63, 3.8) is 0 Å². The predicted octanol–water partition coefficient (Wildman–Crippen LogP) is 2.71. The van der Waals surface area contributed by atoms with Gasteiger partial charge in [-0.1, -0.05) is 0 Å². The lowest BCUT2D eigenvalue weighted by molar-refractivity contribution is 0.0934. The molecule has 1 heterocycles. The van der Waals surface area contributed by atoms with Crippen molar-refractivity contribution >= 4 is 21.8 Å². The number of aromatic nitrogens is 1. The molecule has 2 aliphatic rings. The largest absolute Gasteiger partial charge is 0.350 e. The van der Waals surface area contributed by atoms with Crippen LogP contribution in [-0.4, -0.2) is 17.0 Å². The Morgan fingerprint density at radius 3 is 2.76 bits per heavy atom. The molecule has 1 aromatic rings. The third-order valence-corrected chi connectivity index (χ3v) is 4.57. The van der Waals surface area contributed by atoms with Crippen LogP contribution in [0.3, 0.4) is 0 Å². The number of amides is 1. The van der Waals surface area contributed by atoms with E-state index in [1.54, 1.807) is 0 Å². The summed E-state index contributed by atoms with van der Waals surface area (Å²) in [4.78, 5) is 12.0. The average molecular weight is 297 g/mol. The molecule has 3 rings (SSSR count). The minimum atomic E-state index is 0.0464. The quantitative estimate of drug-likeness (QED) is 0.911. The summed E-state index contributed by atoms with van der Waals surface area (Å²) in [6, 6.07) is 1.87. The van der Waals surface area contributed by atoms with Crippen LogP contribution in [0.15, 0.2) is 16.7 Å². The molecular formula is C13H17BrN2O. The fourth-order valence-corrected chi connectivity index (χ4v) is 3.21. The van der Waals surface area contributed by atoms with E-state index in [-0.39, 0.29) is 5.91 Å². The second kappa shape index (κ2) is 3.87. The number of carbonyl (C=O) groups is 1. The molecule has 1 N–H and O–H groups in total. The lowest BCUT2D eigenvalue weighted by atomic mass is 10.0. The van der Waals surface area contributed by atoms with Gasteiger partial charge in [-0.05, 0) is 59.0 Å². The van der Waals surface area contributed by atoms with Gasteiger partial charge in [0.15, 0.2) is 0 Å². The van der Waals surface area contributed by atoms with Crippen molar-refractivity contribution in [1.82, 2.24) is 9.88 Å². The van der Waals surface area contributed by atoms with Crippen LogP contribution in [0.1, 0.15) is 36.2 Å². The topological polar surface area (TPSA) is 34.0 Å². The van der Waals surface area contributed by atoms with Crippen LogP contribution >= 0.6 is 15.9 Å². The second-order valence-electron chi connectivity index (χ2n) is 5.47. The molecule has 2 fully saturated rings. The Hall–Kier alpha value is -0.770. The lowest BCUT2D eigenvalue weighted by Crippen LogP contribution is -2.32. The molecule has 0 unspecified atom stereocenters. The molecule has 92 valence electrons. The zero-order valence-electron chi connectivity index (χ0n) is 10.0. The number of aryl methyl sites for hydroxylation is 1. The van der Waals surface area contributed by atoms with Gasteiger partial charge < -0.3 is 9.88 Å². The molecule has 0 atom stereocenters. The standard InChI is InChI=1S/C13H17BrN2O/c1-16-7-10(14)6-11(16)12(17)15-8-13(4-5-13)9-2-3-9/h6-7,9H,2-5,8H2,1H3,(H,15,17). The first-order valence-electron chi connectivity index (χ1n) is 6.21. The molecule has 2 aliphatic carbocycles. The molecule has 4 heteroatoms. The molecule has 0 aliphatic heterocycles. The highest BCUT2D eigenvalue weighted by Gasteiger charge is 2.53. The smallest absolute Gasteiger partial charge is 0.267 e. The fraction of sp³-hybridized carbons (Fsp3) is 0.615. The SMILES string of the molecule is Cn1cc(Br)cc1C(=O)NCC1(C2CC2)CC1. The molecule has 0 spiro atoms. The van der Waals surface area contributed by atoms with Gasteiger partial charge in [0.1, 0.15) is 5.69 Å². The summed E-state index contributed by atoms with van der Waals surface area (Å²) in [7, 11) is 1.90. The Kier molecular flexibility index (Phi) is 2.58. The van der Waals surface area contributed by atoms with Crippen LogP contribution in [0.5, 0.6) is 0 Å². The minimum Gasteiger partial charge on any atom is -0.350 e. The molecule has 17 heavy (non-hydrogen) atoms. The summed E-state index contributed by atoms with van der Waals surface area (Å²) in [5, 5.41) is 3.10. The van der Waals surface area contributed by atoms with Gasteiger partial charge in [-0.15, -0.1) is 0 Å². The number of halogens is 1. The zero-order valence-corrected chi connectivity index (χ0v) is 11.6. The Morgan fingerprint density at radius 1 is 1.59 bits per heavy atom. The molecule has 0 saturated heterocycles. The predicted molar refractivity (Wildman–Crippen MR) is 69.8 cm³/mol. The van der Waals surface area contributed by atoms with Gasteiger partial charge in [0.25, 0.3) is 5.91 Å². The first-order chi connectivity index (χ1) is 8.11. The number of rotatable bonds is 4. The third-order valence-electron chi connectivity index (χ3n) is 4.14. The molecule has 1 aromatic heterocycles. The van der Waals surface area contributed by atoms with E-state index in [1.807, 2.05) is 23.9 Å². The summed E-state index contributed by atoms with van der Waals surface area (Å²) in [5.41, 5.74) is 1.20. The zero-order chi connectivity index (χ0) is 12.0. The van der Waals surface area contributed by atoms with Crippen molar-refractivity contribution in [2.24, 2.45) is 18.4 Å². The maximum atomic E-state index is 12.0. The van der Waals surface area contributed by atoms with Crippen molar-refractivity contribution < 1.29 is 4.79 Å². The second-order valence-corrected chi connectivity index (χ2v) is 6.39. The first-order valence-corrected chi connectivity index (χ1v) is 7.00. The van der Waals surface area contributed by atoms with E-state index < -0.39 is 0 Å². The van der Waals surface area contributed by atoms with Crippen molar-refractivity contribution in [1.29, 1.82) is 0 Å². The summed E-state index contributed by atoms with van der Waals surface area (Å²) < 4.78 is 2.81. The highest BCUT2D eigenvalue weighted by Crippen LogP contribution is 2.60. The van der Waals surface area contributed by atoms with Gasteiger partial charge in [0.2, 0.25) is 0 Å². The summed E-state index contributed by atoms with van der Waals surface area (Å²) in [6.45, 7) is 0.860. The fourth-order valence-electron chi connectivity index (χ4n) is 2.68. The number of nitrogens with zero attached hydrogens (tertiary/aromatic N) is 1. The van der Waals surface area contributed by atoms with Gasteiger partial charge in [-0.2, -0.15) is 0 Å². The van der Waals surface area contributed by atoms with E-state index in [1.165, 1.54) is 25.7 Å². The Labute approximate surface area is 110 Å². The van der Waals surface area contributed by atoms with E-state index in [9.17, 15) is 4.79 Å². The molecule has 0 bridgehead atoms. The highest BCUT2D eigenvalue weighted by atomic mass is 79.9. The van der Waals surface area contributed by atoms with E-state index in [4.69, 9.17) is 0 Å². The number of hydrogen-bond donors (Lipinski definition) is 1. The Balaban J connectivity index is 1.62. The van der Waals surface area contributed by atoms with Crippen LogP contribution in [0.4, 0.5) is 0 Å². The number of carbonyl (C=O) groups excluding carboxylic acids is 1. The normalized spacial score (nSPS) is 21.3. The van der Waals surface area contributed by atoms with E-state index in [0.29, 0.717) is 5.41 Å². The van der Waals surface area contributed by atoms with Crippen LogP contribution in [0.2, 0.25) is 0 Å². The monoisotopic (exact) mass is 296 g/mol. The van der Waals surface area contributed by atoms with E-state index in [0.717, 1.165) is 22.6 Å². The molecule has 0 aromatic carbocycles. The molecule has 3 nitrogen and oxygen atoms in total. The molecule has 2 saturated carbocycles. The van der Waals surface area contributed by atoms with Crippen LogP contribution in [0.25, 0.3) is 0 Å². The van der Waals surface area contributed by atoms with Crippen LogP contribution < -0.4 is 5.32 Å². The van der Waals surface area contributed by atoms with E-state index >= 15 is 0 Å². The van der Waals surface area contributed by atoms with Gasteiger partial charge >= 0.3 is 0 Å². The van der Waals surface area contributed by atoms with Crippen molar-refractivity contribution in [2.45, 2.75) is 25.7 Å². The maximum Gasteiger partial charge on any atom is 0.267 e. The van der Waals surface area contributed by atoms with Gasteiger partial charge in [-0.3, -0.25) is 4.79 Å². The van der Waals surface area contributed by atoms with E-state index in [2.05, 4.69) is 21.2 Å². The molecule has 1 amide bonds. The Bertz CT molecular complexity index is 458. The Morgan fingerprint density at radius 2 is 2.29 bits per heavy atom. The van der Waals surface area contributed by atoms with Gasteiger partial charge in [0.05, 0.1) is 0 Å². The van der Waals surface area contributed by atoms with Crippen LogP contribution in [0, 0.1) is 11.3 Å². The van der Waals surface area contributed by atoms with Gasteiger partial charge in [-0.25, -0.2) is 0 Å². The van der Waals surface area contributed by atoms with Crippen molar-refractivity contribution in [3.05, 3.63) is 22.4 Å². The maximum absolute atomic E-state index is 12.0. The van der Waals surface area contributed by atoms with Crippen molar-refractivity contribution in [3.8, 4) is 0 Å².